The molecular formula is C23H26O3. The Bertz CT molecular complexity index is 927. The fourth-order valence-electron chi connectivity index (χ4n) is 2.94. The average Bonchev–Trinajstić information content (AvgIpc) is 2.64. The first-order chi connectivity index (χ1) is 12.4. The Balaban J connectivity index is 1.79. The summed E-state index contributed by atoms with van der Waals surface area (Å²) in [5.74, 6) is -0.316. The Hall–Kier alpha value is -2.39. The molecule has 3 heteroatoms. The third kappa shape index (κ3) is 3.88. The summed E-state index contributed by atoms with van der Waals surface area (Å²) in [5.41, 5.74) is 0.509. The minimum Gasteiger partial charge on any atom is -0.438 e. The van der Waals surface area contributed by atoms with E-state index in [1.807, 2.05) is 27.7 Å². The second-order valence-corrected chi connectivity index (χ2v) is 7.31. The molecule has 3 rings (SSSR count). The number of fused-ring (bicyclic) bond motifs is 2. The first kappa shape index (κ1) is 18.4. The molecule has 0 aliphatic heterocycles. The van der Waals surface area contributed by atoms with Crippen molar-refractivity contribution < 1.29 is 14.3 Å². The van der Waals surface area contributed by atoms with Crippen molar-refractivity contribution in [2.75, 3.05) is 6.79 Å². The number of carbonyl (C=O) groups is 1. The number of rotatable bonds is 6. The Morgan fingerprint density at radius 1 is 0.962 bits per heavy atom. The second kappa shape index (κ2) is 7.46. The second-order valence-electron chi connectivity index (χ2n) is 7.31. The van der Waals surface area contributed by atoms with Crippen LogP contribution in [0.1, 0.15) is 39.7 Å². The Morgan fingerprint density at radius 3 is 2.23 bits per heavy atom. The lowest BCUT2D eigenvalue weighted by atomic mass is 9.94. The lowest BCUT2D eigenvalue weighted by molar-refractivity contribution is -0.174. The zero-order valence-corrected chi connectivity index (χ0v) is 15.9. The molecule has 0 aliphatic rings. The first-order valence-electron chi connectivity index (χ1n) is 9.14. The van der Waals surface area contributed by atoms with E-state index in [-0.39, 0.29) is 18.7 Å². The highest BCUT2D eigenvalue weighted by Crippen LogP contribution is 2.30. The van der Waals surface area contributed by atoms with Gasteiger partial charge in [0.2, 0.25) is 0 Å². The highest BCUT2D eigenvalue weighted by molar-refractivity contribution is 5.98. The van der Waals surface area contributed by atoms with Crippen molar-refractivity contribution in [2.24, 2.45) is 5.92 Å². The summed E-state index contributed by atoms with van der Waals surface area (Å²) >= 11 is 0. The van der Waals surface area contributed by atoms with Crippen molar-refractivity contribution >= 4 is 27.5 Å². The molecule has 0 saturated carbocycles. The molecule has 3 aromatic rings. The molecule has 1 unspecified atom stereocenters. The van der Waals surface area contributed by atoms with Gasteiger partial charge in [-0.2, -0.15) is 0 Å². The molecular weight excluding hydrogens is 324 g/mol. The monoisotopic (exact) mass is 350 g/mol. The fraction of sp³-hybridized carbons (Fsp3) is 0.348. The molecule has 136 valence electrons. The van der Waals surface area contributed by atoms with Gasteiger partial charge in [-0.1, -0.05) is 50.2 Å². The predicted octanol–water partition coefficient (Wildman–Crippen LogP) is 5.79. The van der Waals surface area contributed by atoms with Crippen LogP contribution in [0.5, 0.6) is 0 Å². The SMILES string of the molecule is CCC(C)C(=O)OCOC(C)(C)c1ccc2cc3ccccc3cc2c1. The topological polar surface area (TPSA) is 35.5 Å². The summed E-state index contributed by atoms with van der Waals surface area (Å²) in [6.07, 6.45) is 0.765. The largest absolute Gasteiger partial charge is 0.438 e. The number of ether oxygens (including phenoxy) is 2. The Morgan fingerprint density at radius 2 is 1.58 bits per heavy atom. The molecule has 0 amide bonds. The quantitative estimate of drug-likeness (QED) is 0.320. The molecule has 3 aromatic carbocycles. The van der Waals surface area contributed by atoms with E-state index in [0.717, 1.165) is 12.0 Å². The number of benzene rings is 3. The molecule has 26 heavy (non-hydrogen) atoms. The van der Waals surface area contributed by atoms with Crippen LogP contribution in [0.4, 0.5) is 0 Å². The molecule has 0 bridgehead atoms. The van der Waals surface area contributed by atoms with Gasteiger partial charge >= 0.3 is 5.97 Å². The van der Waals surface area contributed by atoms with E-state index in [0.29, 0.717) is 0 Å². The average molecular weight is 350 g/mol. The van der Waals surface area contributed by atoms with E-state index in [1.165, 1.54) is 21.5 Å². The van der Waals surface area contributed by atoms with E-state index in [2.05, 4.69) is 54.6 Å². The van der Waals surface area contributed by atoms with Gasteiger partial charge < -0.3 is 9.47 Å². The van der Waals surface area contributed by atoms with Gasteiger partial charge in [0.15, 0.2) is 6.79 Å². The minimum absolute atomic E-state index is 0.0358. The number of hydrogen-bond donors (Lipinski definition) is 0. The molecule has 1 atom stereocenters. The van der Waals surface area contributed by atoms with Gasteiger partial charge in [-0.3, -0.25) is 4.79 Å². The predicted molar refractivity (Wildman–Crippen MR) is 106 cm³/mol. The van der Waals surface area contributed by atoms with Crippen LogP contribution in [0.3, 0.4) is 0 Å². The van der Waals surface area contributed by atoms with E-state index in [4.69, 9.17) is 9.47 Å². The molecule has 3 nitrogen and oxygen atoms in total. The summed E-state index contributed by atoms with van der Waals surface area (Å²) in [4.78, 5) is 11.8. The van der Waals surface area contributed by atoms with Crippen LogP contribution < -0.4 is 0 Å². The molecule has 0 fully saturated rings. The van der Waals surface area contributed by atoms with Crippen molar-refractivity contribution in [2.45, 2.75) is 39.7 Å². The molecule has 0 heterocycles. The summed E-state index contributed by atoms with van der Waals surface area (Å²) in [6, 6.07) is 19.1. The van der Waals surface area contributed by atoms with Crippen molar-refractivity contribution in [1.29, 1.82) is 0 Å². The molecule has 0 aromatic heterocycles. The van der Waals surface area contributed by atoms with Gasteiger partial charge in [0.05, 0.1) is 11.5 Å². The van der Waals surface area contributed by atoms with E-state index < -0.39 is 5.60 Å². The van der Waals surface area contributed by atoms with Crippen LogP contribution in [0.2, 0.25) is 0 Å². The third-order valence-electron chi connectivity index (χ3n) is 5.04. The molecule has 0 saturated heterocycles. The smallest absolute Gasteiger partial charge is 0.310 e. The third-order valence-corrected chi connectivity index (χ3v) is 5.04. The normalized spacial score (nSPS) is 13.1. The van der Waals surface area contributed by atoms with Crippen LogP contribution in [0.25, 0.3) is 21.5 Å². The van der Waals surface area contributed by atoms with Crippen LogP contribution >= 0.6 is 0 Å². The maximum Gasteiger partial charge on any atom is 0.310 e. The summed E-state index contributed by atoms with van der Waals surface area (Å²) in [6.45, 7) is 7.78. The van der Waals surface area contributed by atoms with Gasteiger partial charge in [0.1, 0.15) is 0 Å². The van der Waals surface area contributed by atoms with Crippen molar-refractivity contribution in [3.8, 4) is 0 Å². The highest BCUT2D eigenvalue weighted by Gasteiger charge is 2.23. The number of carbonyl (C=O) groups excluding carboxylic acids is 1. The number of esters is 1. The minimum atomic E-state index is -0.546. The Kier molecular flexibility index (Phi) is 5.28. The van der Waals surface area contributed by atoms with Crippen molar-refractivity contribution in [3.63, 3.8) is 0 Å². The maximum atomic E-state index is 11.8. The maximum absolute atomic E-state index is 11.8. The number of hydrogen-bond acceptors (Lipinski definition) is 3. The van der Waals surface area contributed by atoms with E-state index in [1.54, 1.807) is 0 Å². The van der Waals surface area contributed by atoms with E-state index >= 15 is 0 Å². The van der Waals surface area contributed by atoms with Crippen LogP contribution in [-0.4, -0.2) is 12.8 Å². The first-order valence-corrected chi connectivity index (χ1v) is 9.14. The zero-order chi connectivity index (χ0) is 18.7. The van der Waals surface area contributed by atoms with Gasteiger partial charge in [-0.25, -0.2) is 0 Å². The molecule has 0 N–H and O–H groups in total. The lowest BCUT2D eigenvalue weighted by Crippen LogP contribution is -2.25. The summed E-state index contributed by atoms with van der Waals surface area (Å²) in [5, 5.41) is 4.83. The lowest BCUT2D eigenvalue weighted by Gasteiger charge is -2.26. The van der Waals surface area contributed by atoms with Crippen molar-refractivity contribution in [3.05, 3.63) is 60.2 Å². The van der Waals surface area contributed by atoms with E-state index in [9.17, 15) is 4.79 Å². The van der Waals surface area contributed by atoms with Gasteiger partial charge in [0, 0.05) is 0 Å². The summed E-state index contributed by atoms with van der Waals surface area (Å²) in [7, 11) is 0. The Labute approximate surface area is 154 Å². The molecule has 0 aliphatic carbocycles. The van der Waals surface area contributed by atoms with Crippen LogP contribution in [0, 0.1) is 5.92 Å². The zero-order valence-electron chi connectivity index (χ0n) is 15.9. The standard InChI is InChI=1S/C23H26O3/c1-5-16(2)22(24)25-15-26-23(3,4)21-11-10-19-12-17-8-6-7-9-18(17)13-20(19)14-21/h6-14,16H,5,15H2,1-4H3. The van der Waals surface area contributed by atoms with Crippen molar-refractivity contribution in [1.82, 2.24) is 0 Å². The molecule has 0 radical (unpaired) electrons. The highest BCUT2D eigenvalue weighted by atomic mass is 16.7. The van der Waals surface area contributed by atoms with Gasteiger partial charge in [-0.05, 0) is 65.6 Å². The van der Waals surface area contributed by atoms with Crippen LogP contribution in [0.15, 0.2) is 54.6 Å². The van der Waals surface area contributed by atoms with Gasteiger partial charge in [0.25, 0.3) is 0 Å². The molecule has 0 spiro atoms. The van der Waals surface area contributed by atoms with Gasteiger partial charge in [-0.15, -0.1) is 0 Å². The van der Waals surface area contributed by atoms with Crippen LogP contribution in [-0.2, 0) is 19.9 Å². The fourth-order valence-corrected chi connectivity index (χ4v) is 2.94. The summed E-state index contributed by atoms with van der Waals surface area (Å²) < 4.78 is 11.1.